The molecule has 0 aliphatic carbocycles. The van der Waals surface area contributed by atoms with Gasteiger partial charge in [0.05, 0.1) is 5.92 Å². The Morgan fingerprint density at radius 1 is 1.20 bits per heavy atom. The fourth-order valence-corrected chi connectivity index (χ4v) is 3.56. The molecule has 1 atom stereocenters. The number of carbonyl (C=O) groups is 2. The second-order valence-corrected chi connectivity index (χ2v) is 7.47. The molecule has 1 aliphatic rings. The van der Waals surface area contributed by atoms with E-state index in [-0.39, 0.29) is 17.7 Å². The van der Waals surface area contributed by atoms with Crippen molar-refractivity contribution in [3.05, 3.63) is 48.0 Å². The van der Waals surface area contributed by atoms with Gasteiger partial charge in [0, 0.05) is 33.1 Å². The Morgan fingerprint density at radius 3 is 2.64 bits per heavy atom. The van der Waals surface area contributed by atoms with Crippen LogP contribution in [0.15, 0.2) is 42.5 Å². The van der Waals surface area contributed by atoms with Gasteiger partial charge in [-0.25, -0.2) is 0 Å². The largest absolute Gasteiger partial charge is 0.342 e. The van der Waals surface area contributed by atoms with Crippen LogP contribution in [0.3, 0.4) is 0 Å². The summed E-state index contributed by atoms with van der Waals surface area (Å²) in [5.74, 6) is 0.378. The molecule has 0 bridgehead atoms. The minimum Gasteiger partial charge on any atom is -0.342 e. The molecular weight excluding hydrogens is 312 g/mol. The summed E-state index contributed by atoms with van der Waals surface area (Å²) in [5, 5.41) is 2.38. The lowest BCUT2D eigenvalue weighted by atomic mass is 10.0. The monoisotopic (exact) mass is 338 g/mol. The SMILES string of the molecule is CC(C)CN1CC(C(=O)N(C)Cc2ccc3ccccc3c2)CC1=O. The zero-order chi connectivity index (χ0) is 18.0. The van der Waals surface area contributed by atoms with E-state index in [0.29, 0.717) is 25.4 Å². The van der Waals surface area contributed by atoms with Crippen LogP contribution < -0.4 is 0 Å². The van der Waals surface area contributed by atoms with E-state index < -0.39 is 0 Å². The molecule has 1 saturated heterocycles. The fraction of sp³-hybridized carbons (Fsp3) is 0.429. The molecule has 2 amide bonds. The maximum atomic E-state index is 12.7. The van der Waals surface area contributed by atoms with Crippen molar-refractivity contribution < 1.29 is 9.59 Å². The van der Waals surface area contributed by atoms with Gasteiger partial charge >= 0.3 is 0 Å². The highest BCUT2D eigenvalue weighted by atomic mass is 16.2. The van der Waals surface area contributed by atoms with E-state index in [0.717, 1.165) is 12.1 Å². The molecule has 1 aliphatic heterocycles. The molecule has 1 fully saturated rings. The normalized spacial score (nSPS) is 17.5. The van der Waals surface area contributed by atoms with E-state index in [9.17, 15) is 9.59 Å². The first kappa shape index (κ1) is 17.5. The summed E-state index contributed by atoms with van der Waals surface area (Å²) in [5.41, 5.74) is 1.11. The Hall–Kier alpha value is -2.36. The van der Waals surface area contributed by atoms with Gasteiger partial charge in [-0.1, -0.05) is 50.2 Å². The average Bonchev–Trinajstić information content (AvgIpc) is 2.94. The number of benzene rings is 2. The molecule has 2 aromatic rings. The van der Waals surface area contributed by atoms with Crippen LogP contribution in [-0.4, -0.2) is 41.8 Å². The first-order valence-electron chi connectivity index (χ1n) is 8.94. The molecule has 4 nitrogen and oxygen atoms in total. The molecule has 0 spiro atoms. The molecule has 4 heteroatoms. The fourth-order valence-electron chi connectivity index (χ4n) is 3.56. The van der Waals surface area contributed by atoms with Crippen LogP contribution in [0.25, 0.3) is 10.8 Å². The van der Waals surface area contributed by atoms with Crippen molar-refractivity contribution in [1.29, 1.82) is 0 Å². The molecule has 25 heavy (non-hydrogen) atoms. The molecule has 132 valence electrons. The van der Waals surface area contributed by atoms with E-state index in [1.807, 2.05) is 24.1 Å². The Labute approximate surface area is 149 Å². The molecule has 0 aromatic heterocycles. The number of amides is 2. The molecular formula is C21H26N2O2. The predicted molar refractivity (Wildman–Crippen MR) is 99.9 cm³/mol. The first-order chi connectivity index (χ1) is 11.9. The van der Waals surface area contributed by atoms with Crippen LogP contribution in [0.2, 0.25) is 0 Å². The van der Waals surface area contributed by atoms with Gasteiger partial charge in [-0.2, -0.15) is 0 Å². The van der Waals surface area contributed by atoms with Gasteiger partial charge < -0.3 is 9.80 Å². The highest BCUT2D eigenvalue weighted by Gasteiger charge is 2.35. The highest BCUT2D eigenvalue weighted by molar-refractivity contribution is 5.89. The molecule has 1 heterocycles. The molecule has 0 radical (unpaired) electrons. The van der Waals surface area contributed by atoms with E-state index in [1.54, 1.807) is 4.90 Å². The lowest BCUT2D eigenvalue weighted by molar-refractivity contribution is -0.135. The number of hydrogen-bond donors (Lipinski definition) is 0. The number of fused-ring (bicyclic) bond motifs is 1. The molecule has 1 unspecified atom stereocenters. The minimum absolute atomic E-state index is 0.0627. The van der Waals surface area contributed by atoms with Gasteiger partial charge in [0.15, 0.2) is 0 Å². The van der Waals surface area contributed by atoms with Crippen molar-refractivity contribution in [1.82, 2.24) is 9.80 Å². The zero-order valence-electron chi connectivity index (χ0n) is 15.2. The third-order valence-electron chi connectivity index (χ3n) is 4.76. The third-order valence-corrected chi connectivity index (χ3v) is 4.76. The van der Waals surface area contributed by atoms with Gasteiger partial charge in [0.25, 0.3) is 0 Å². The minimum atomic E-state index is -0.211. The van der Waals surface area contributed by atoms with Crippen LogP contribution in [0.5, 0.6) is 0 Å². The summed E-state index contributed by atoms with van der Waals surface area (Å²) in [7, 11) is 1.83. The van der Waals surface area contributed by atoms with Crippen molar-refractivity contribution >= 4 is 22.6 Å². The summed E-state index contributed by atoms with van der Waals surface area (Å²) in [6.07, 6.45) is 0.341. The molecule has 0 saturated carbocycles. The summed E-state index contributed by atoms with van der Waals surface area (Å²) in [4.78, 5) is 28.4. The van der Waals surface area contributed by atoms with Crippen LogP contribution in [-0.2, 0) is 16.1 Å². The lowest BCUT2D eigenvalue weighted by Crippen LogP contribution is -2.35. The van der Waals surface area contributed by atoms with Gasteiger partial charge in [-0.05, 0) is 28.3 Å². The predicted octanol–water partition coefficient (Wildman–Crippen LogP) is 3.30. The number of hydrogen-bond acceptors (Lipinski definition) is 2. The summed E-state index contributed by atoms with van der Waals surface area (Å²) < 4.78 is 0. The maximum absolute atomic E-state index is 12.7. The van der Waals surface area contributed by atoms with E-state index in [1.165, 1.54) is 10.8 Å². The summed E-state index contributed by atoms with van der Waals surface area (Å²) in [6.45, 7) is 6.04. The smallest absolute Gasteiger partial charge is 0.228 e. The Morgan fingerprint density at radius 2 is 1.92 bits per heavy atom. The number of likely N-dealkylation sites (tertiary alicyclic amines) is 1. The van der Waals surface area contributed by atoms with Gasteiger partial charge in [-0.15, -0.1) is 0 Å². The van der Waals surface area contributed by atoms with Crippen molar-refractivity contribution in [2.45, 2.75) is 26.8 Å². The van der Waals surface area contributed by atoms with Crippen LogP contribution in [0.4, 0.5) is 0 Å². The quantitative estimate of drug-likeness (QED) is 0.839. The van der Waals surface area contributed by atoms with Crippen LogP contribution in [0, 0.1) is 11.8 Å². The van der Waals surface area contributed by atoms with Gasteiger partial charge in [0.2, 0.25) is 11.8 Å². The van der Waals surface area contributed by atoms with E-state index >= 15 is 0 Å². The van der Waals surface area contributed by atoms with Gasteiger partial charge in [0.1, 0.15) is 0 Å². The summed E-state index contributed by atoms with van der Waals surface area (Å²) >= 11 is 0. The second-order valence-electron chi connectivity index (χ2n) is 7.47. The van der Waals surface area contributed by atoms with Crippen molar-refractivity contribution in [2.24, 2.45) is 11.8 Å². The zero-order valence-corrected chi connectivity index (χ0v) is 15.2. The summed E-state index contributed by atoms with van der Waals surface area (Å²) in [6, 6.07) is 14.5. The number of rotatable bonds is 5. The van der Waals surface area contributed by atoms with Crippen molar-refractivity contribution in [3.8, 4) is 0 Å². The second kappa shape index (κ2) is 7.26. The standard InChI is InChI=1S/C21H26N2O2/c1-15(2)12-23-14-19(11-20(23)24)21(25)22(3)13-16-8-9-17-6-4-5-7-18(17)10-16/h4-10,15,19H,11-14H2,1-3H3. The third kappa shape index (κ3) is 4.01. The number of nitrogens with zero attached hydrogens (tertiary/aromatic N) is 2. The van der Waals surface area contributed by atoms with Crippen molar-refractivity contribution in [3.63, 3.8) is 0 Å². The molecule has 0 N–H and O–H groups in total. The Kier molecular flexibility index (Phi) is 5.07. The molecule has 2 aromatic carbocycles. The average molecular weight is 338 g/mol. The van der Waals surface area contributed by atoms with Gasteiger partial charge in [-0.3, -0.25) is 9.59 Å². The first-order valence-corrected chi connectivity index (χ1v) is 8.94. The maximum Gasteiger partial charge on any atom is 0.228 e. The van der Waals surface area contributed by atoms with Crippen molar-refractivity contribution in [2.75, 3.05) is 20.1 Å². The molecule has 3 rings (SSSR count). The number of carbonyl (C=O) groups excluding carboxylic acids is 2. The Bertz CT molecular complexity index is 784. The highest BCUT2D eigenvalue weighted by Crippen LogP contribution is 2.22. The lowest BCUT2D eigenvalue weighted by Gasteiger charge is -2.22. The Balaban J connectivity index is 1.65. The van der Waals surface area contributed by atoms with Crippen LogP contribution in [0.1, 0.15) is 25.8 Å². The van der Waals surface area contributed by atoms with Crippen LogP contribution >= 0.6 is 0 Å². The van der Waals surface area contributed by atoms with E-state index in [4.69, 9.17) is 0 Å². The topological polar surface area (TPSA) is 40.6 Å². The van der Waals surface area contributed by atoms with E-state index in [2.05, 4.69) is 44.2 Å².